The SMILES string of the molecule is C[C@@H]1OC(C(=O)[O-])C[C@@H](O)C1OS(=O)(=O)[O-]. The van der Waals surface area contributed by atoms with Gasteiger partial charge in [-0.3, -0.25) is 4.18 Å². The van der Waals surface area contributed by atoms with Crippen LogP contribution in [0.2, 0.25) is 0 Å². The number of aliphatic hydroxyl groups excluding tert-OH is 1. The molecule has 0 aromatic rings. The van der Waals surface area contributed by atoms with Crippen LogP contribution in [0, 0.1) is 0 Å². The summed E-state index contributed by atoms with van der Waals surface area (Å²) in [6.45, 7) is 1.29. The number of ether oxygens (including phenoxy) is 1. The van der Waals surface area contributed by atoms with Crippen molar-refractivity contribution in [1.29, 1.82) is 0 Å². The lowest BCUT2D eigenvalue weighted by Gasteiger charge is -2.38. The van der Waals surface area contributed by atoms with Crippen LogP contribution in [0.5, 0.6) is 0 Å². The highest BCUT2D eigenvalue weighted by atomic mass is 32.3. The molecule has 1 heterocycles. The Kier molecular flexibility index (Phi) is 3.86. The summed E-state index contributed by atoms with van der Waals surface area (Å²) in [6, 6.07) is 0. The molecule has 0 radical (unpaired) electrons. The maximum Gasteiger partial charge on any atom is 0.218 e. The molecule has 16 heavy (non-hydrogen) atoms. The number of carbonyl (C=O) groups is 1. The number of carbonyl (C=O) groups excluding carboxylic acids is 1. The second-order valence-electron chi connectivity index (χ2n) is 3.42. The van der Waals surface area contributed by atoms with E-state index in [2.05, 4.69) is 4.18 Å². The summed E-state index contributed by atoms with van der Waals surface area (Å²) in [5.41, 5.74) is 0. The summed E-state index contributed by atoms with van der Waals surface area (Å²) in [5, 5.41) is 19.9. The van der Waals surface area contributed by atoms with Crippen molar-refractivity contribution in [3.63, 3.8) is 0 Å². The van der Waals surface area contributed by atoms with Crippen molar-refractivity contribution >= 4 is 16.4 Å². The van der Waals surface area contributed by atoms with Crippen molar-refractivity contribution in [2.75, 3.05) is 0 Å². The summed E-state index contributed by atoms with van der Waals surface area (Å²) in [4.78, 5) is 10.5. The Morgan fingerprint density at radius 3 is 2.50 bits per heavy atom. The Morgan fingerprint density at radius 1 is 1.56 bits per heavy atom. The van der Waals surface area contributed by atoms with Gasteiger partial charge < -0.3 is 24.3 Å². The van der Waals surface area contributed by atoms with Crippen molar-refractivity contribution in [3.8, 4) is 0 Å². The van der Waals surface area contributed by atoms with E-state index in [1.54, 1.807) is 0 Å². The molecule has 8 nitrogen and oxygen atoms in total. The van der Waals surface area contributed by atoms with Gasteiger partial charge in [0.05, 0.1) is 24.3 Å². The van der Waals surface area contributed by atoms with Gasteiger partial charge in [-0.05, 0) is 6.92 Å². The summed E-state index contributed by atoms with van der Waals surface area (Å²) in [6.07, 6.45) is -5.62. The number of hydrogen-bond donors (Lipinski definition) is 1. The van der Waals surface area contributed by atoms with E-state index in [9.17, 15) is 28.0 Å². The highest BCUT2D eigenvalue weighted by molar-refractivity contribution is 7.80. The Bertz CT molecular complexity index is 351. The van der Waals surface area contributed by atoms with Crippen LogP contribution in [0.25, 0.3) is 0 Å². The molecule has 9 heteroatoms. The van der Waals surface area contributed by atoms with E-state index in [4.69, 9.17) is 4.74 Å². The Morgan fingerprint density at radius 2 is 2.12 bits per heavy atom. The van der Waals surface area contributed by atoms with E-state index >= 15 is 0 Å². The highest BCUT2D eigenvalue weighted by Crippen LogP contribution is 2.23. The molecular weight excluding hydrogens is 244 g/mol. The first kappa shape index (κ1) is 13.3. The van der Waals surface area contributed by atoms with Crippen LogP contribution < -0.4 is 5.11 Å². The van der Waals surface area contributed by atoms with Gasteiger partial charge in [-0.15, -0.1) is 0 Å². The van der Waals surface area contributed by atoms with E-state index in [-0.39, 0.29) is 0 Å². The maximum absolute atomic E-state index is 10.5. The largest absolute Gasteiger partial charge is 0.726 e. The van der Waals surface area contributed by atoms with E-state index in [0.717, 1.165) is 0 Å². The van der Waals surface area contributed by atoms with Gasteiger partial charge in [0, 0.05) is 6.42 Å². The molecule has 0 aromatic carbocycles. The van der Waals surface area contributed by atoms with E-state index in [0.29, 0.717) is 0 Å². The third-order valence-corrected chi connectivity index (χ3v) is 2.63. The van der Waals surface area contributed by atoms with Crippen LogP contribution in [0.1, 0.15) is 13.3 Å². The molecule has 0 aliphatic carbocycles. The first-order valence-electron chi connectivity index (χ1n) is 4.39. The van der Waals surface area contributed by atoms with Crippen LogP contribution in [0.4, 0.5) is 0 Å². The van der Waals surface area contributed by atoms with Gasteiger partial charge in [0.2, 0.25) is 10.4 Å². The monoisotopic (exact) mass is 254 g/mol. The van der Waals surface area contributed by atoms with Crippen molar-refractivity contribution in [3.05, 3.63) is 0 Å². The van der Waals surface area contributed by atoms with Crippen LogP contribution in [-0.4, -0.2) is 48.5 Å². The molecule has 1 fully saturated rings. The van der Waals surface area contributed by atoms with E-state index < -0.39 is 47.2 Å². The van der Waals surface area contributed by atoms with E-state index in [1.807, 2.05) is 0 Å². The molecule has 1 aliphatic heterocycles. The highest BCUT2D eigenvalue weighted by Gasteiger charge is 2.38. The van der Waals surface area contributed by atoms with Gasteiger partial charge >= 0.3 is 0 Å². The minimum absolute atomic E-state index is 0.396. The molecule has 0 spiro atoms. The van der Waals surface area contributed by atoms with Crippen LogP contribution in [-0.2, 0) is 24.1 Å². The molecule has 4 atom stereocenters. The first-order valence-corrected chi connectivity index (χ1v) is 5.72. The molecule has 0 saturated carbocycles. The summed E-state index contributed by atoms with van der Waals surface area (Å²) < 4.78 is 39.9. The number of hydrogen-bond acceptors (Lipinski definition) is 8. The fourth-order valence-corrected chi connectivity index (χ4v) is 2.05. The second kappa shape index (κ2) is 4.63. The summed E-state index contributed by atoms with van der Waals surface area (Å²) in [5.74, 6) is -1.52. The van der Waals surface area contributed by atoms with Gasteiger partial charge in [0.1, 0.15) is 6.10 Å². The number of aliphatic carboxylic acids is 1. The standard InChI is InChI=1S/C7H12O8S/c1-3-6(15-16(11,12)13)4(8)2-5(14-3)7(9)10/h3-6,8H,2H2,1H3,(H,9,10)(H,11,12,13)/p-2/t3-,4+,5?,6?/m0/s1. The molecular formula is C7H10O8S-2. The molecule has 0 aromatic heterocycles. The zero-order valence-corrected chi connectivity index (χ0v) is 9.05. The van der Waals surface area contributed by atoms with Crippen LogP contribution in [0.15, 0.2) is 0 Å². The van der Waals surface area contributed by atoms with Gasteiger partial charge in [-0.1, -0.05) is 0 Å². The average molecular weight is 254 g/mol. The Hall–Kier alpha value is -0.740. The normalized spacial score (nSPS) is 35.9. The smallest absolute Gasteiger partial charge is 0.218 e. The molecule has 1 aliphatic rings. The predicted molar refractivity (Wildman–Crippen MR) is 44.5 cm³/mol. The van der Waals surface area contributed by atoms with Crippen molar-refractivity contribution in [2.24, 2.45) is 0 Å². The van der Waals surface area contributed by atoms with Crippen LogP contribution in [0.3, 0.4) is 0 Å². The minimum Gasteiger partial charge on any atom is -0.726 e. The topological polar surface area (TPSA) is 136 Å². The van der Waals surface area contributed by atoms with Crippen molar-refractivity contribution < 1.29 is 36.9 Å². The van der Waals surface area contributed by atoms with Crippen molar-refractivity contribution in [1.82, 2.24) is 0 Å². The fraction of sp³-hybridized carbons (Fsp3) is 0.857. The number of carboxylic acids is 1. The second-order valence-corrected chi connectivity index (χ2v) is 4.43. The number of carboxylic acid groups (broad SMARTS) is 1. The first-order chi connectivity index (χ1) is 7.20. The molecule has 0 bridgehead atoms. The van der Waals surface area contributed by atoms with E-state index in [1.165, 1.54) is 6.92 Å². The van der Waals surface area contributed by atoms with Gasteiger partial charge in [-0.2, -0.15) is 0 Å². The lowest BCUT2D eigenvalue weighted by atomic mass is 9.99. The van der Waals surface area contributed by atoms with Gasteiger partial charge in [-0.25, -0.2) is 8.42 Å². The fourth-order valence-electron chi connectivity index (χ4n) is 1.49. The number of rotatable bonds is 3. The summed E-state index contributed by atoms with van der Waals surface area (Å²) in [7, 11) is -4.98. The van der Waals surface area contributed by atoms with Crippen molar-refractivity contribution in [2.45, 2.75) is 37.8 Å². The zero-order valence-electron chi connectivity index (χ0n) is 8.23. The van der Waals surface area contributed by atoms with Gasteiger partial charge in [0.15, 0.2) is 0 Å². The minimum atomic E-state index is -4.98. The molecule has 94 valence electrons. The molecule has 2 unspecified atom stereocenters. The molecule has 1 rings (SSSR count). The zero-order chi connectivity index (χ0) is 12.5. The average Bonchev–Trinajstić information content (AvgIpc) is 2.09. The molecule has 0 amide bonds. The number of aliphatic hydroxyl groups is 1. The quantitative estimate of drug-likeness (QED) is 0.419. The van der Waals surface area contributed by atoms with Crippen LogP contribution >= 0.6 is 0 Å². The lowest BCUT2D eigenvalue weighted by molar-refractivity contribution is -0.323. The molecule has 1 saturated heterocycles. The Balaban J connectivity index is 2.73. The third kappa shape index (κ3) is 3.39. The maximum atomic E-state index is 10.5. The van der Waals surface area contributed by atoms with Gasteiger partial charge in [0.25, 0.3) is 0 Å². The predicted octanol–water partition coefficient (Wildman–Crippen LogP) is -2.88. The Labute approximate surface area is 91.7 Å². The summed E-state index contributed by atoms with van der Waals surface area (Å²) >= 11 is 0. The third-order valence-electron chi connectivity index (χ3n) is 2.17. The molecule has 1 N–H and O–H groups in total. The lowest BCUT2D eigenvalue weighted by Crippen LogP contribution is -2.53.